The Labute approximate surface area is 155 Å². The maximum Gasteiger partial charge on any atom is 0.231 e. The van der Waals surface area contributed by atoms with Crippen LogP contribution in [0, 0.1) is 6.92 Å². The van der Waals surface area contributed by atoms with Crippen molar-refractivity contribution in [2.75, 3.05) is 12.5 Å². The standard InChI is InChI=1S/C18H20N4O3S/c1-10-5-11-6-13-14(25-9-24-13)7-12(11)22-16(10)20-21-17(22)26-8-15(23)19-18(2,3)4/h5-7H,8-9H2,1-4H3,(H,19,23). The molecule has 3 aromatic rings. The third kappa shape index (κ3) is 3.05. The molecule has 8 heteroatoms. The van der Waals surface area contributed by atoms with Crippen molar-refractivity contribution < 1.29 is 14.3 Å². The highest BCUT2D eigenvalue weighted by Gasteiger charge is 2.20. The van der Waals surface area contributed by atoms with Crippen LogP contribution < -0.4 is 14.8 Å². The van der Waals surface area contributed by atoms with Gasteiger partial charge in [-0.2, -0.15) is 0 Å². The molecule has 0 radical (unpaired) electrons. The quantitative estimate of drug-likeness (QED) is 0.712. The lowest BCUT2D eigenvalue weighted by atomic mass is 10.1. The molecule has 0 aliphatic carbocycles. The average molecular weight is 372 g/mol. The van der Waals surface area contributed by atoms with Gasteiger partial charge in [0.2, 0.25) is 12.7 Å². The van der Waals surface area contributed by atoms with Crippen LogP contribution in [-0.4, -0.2) is 38.6 Å². The van der Waals surface area contributed by atoms with Crippen molar-refractivity contribution in [3.63, 3.8) is 0 Å². The summed E-state index contributed by atoms with van der Waals surface area (Å²) in [6.07, 6.45) is 0. The van der Waals surface area contributed by atoms with Crippen molar-refractivity contribution in [2.45, 2.75) is 38.4 Å². The first-order valence-electron chi connectivity index (χ1n) is 8.34. The Morgan fingerprint density at radius 3 is 2.69 bits per heavy atom. The Morgan fingerprint density at radius 2 is 1.96 bits per heavy atom. The maximum absolute atomic E-state index is 12.1. The number of thioether (sulfide) groups is 1. The molecule has 2 aromatic heterocycles. The van der Waals surface area contributed by atoms with E-state index in [-0.39, 0.29) is 24.0 Å². The van der Waals surface area contributed by atoms with E-state index in [0.717, 1.165) is 27.9 Å². The molecule has 1 aliphatic rings. The molecule has 1 amide bonds. The minimum atomic E-state index is -0.258. The van der Waals surface area contributed by atoms with Gasteiger partial charge in [0.15, 0.2) is 22.3 Å². The number of rotatable bonds is 3. The Bertz CT molecular complexity index is 1020. The molecular formula is C18H20N4O3S. The Morgan fingerprint density at radius 1 is 1.23 bits per heavy atom. The van der Waals surface area contributed by atoms with Crippen LogP contribution in [0.25, 0.3) is 16.6 Å². The second-order valence-electron chi connectivity index (χ2n) is 7.32. The number of aromatic nitrogens is 3. The van der Waals surface area contributed by atoms with Gasteiger partial charge in [-0.15, -0.1) is 10.2 Å². The predicted molar refractivity (Wildman–Crippen MR) is 100.0 cm³/mol. The van der Waals surface area contributed by atoms with Crippen molar-refractivity contribution in [2.24, 2.45) is 0 Å². The molecule has 1 aliphatic heterocycles. The van der Waals surface area contributed by atoms with Crippen molar-refractivity contribution in [3.8, 4) is 11.5 Å². The molecule has 26 heavy (non-hydrogen) atoms. The predicted octanol–water partition coefficient (Wildman–Crippen LogP) is 2.93. The largest absolute Gasteiger partial charge is 0.454 e. The number of pyridine rings is 1. The van der Waals surface area contributed by atoms with Gasteiger partial charge >= 0.3 is 0 Å². The number of carbonyl (C=O) groups excluding carboxylic acids is 1. The number of amides is 1. The van der Waals surface area contributed by atoms with E-state index in [1.807, 2.05) is 44.2 Å². The van der Waals surface area contributed by atoms with Gasteiger partial charge in [-0.05, 0) is 45.4 Å². The molecule has 0 saturated heterocycles. The minimum Gasteiger partial charge on any atom is -0.454 e. The first kappa shape index (κ1) is 17.0. The van der Waals surface area contributed by atoms with Gasteiger partial charge in [0.05, 0.1) is 11.3 Å². The minimum absolute atomic E-state index is 0.0335. The van der Waals surface area contributed by atoms with E-state index in [0.29, 0.717) is 10.9 Å². The third-order valence-corrected chi connectivity index (χ3v) is 4.90. The Kier molecular flexibility index (Phi) is 3.95. The zero-order chi connectivity index (χ0) is 18.5. The van der Waals surface area contributed by atoms with Gasteiger partial charge in [0.1, 0.15) is 0 Å². The highest BCUT2D eigenvalue weighted by Crippen LogP contribution is 2.37. The summed E-state index contributed by atoms with van der Waals surface area (Å²) in [5, 5.41) is 13.2. The number of hydrogen-bond acceptors (Lipinski definition) is 6. The van der Waals surface area contributed by atoms with Gasteiger partial charge in [0, 0.05) is 17.0 Å². The Balaban J connectivity index is 1.74. The summed E-state index contributed by atoms with van der Waals surface area (Å²) in [7, 11) is 0. The molecular weight excluding hydrogens is 352 g/mol. The van der Waals surface area contributed by atoms with E-state index in [9.17, 15) is 4.79 Å². The molecule has 4 rings (SSSR count). The van der Waals surface area contributed by atoms with Crippen LogP contribution in [0.4, 0.5) is 0 Å². The van der Waals surface area contributed by atoms with Gasteiger partial charge < -0.3 is 14.8 Å². The lowest BCUT2D eigenvalue weighted by Crippen LogP contribution is -2.41. The lowest BCUT2D eigenvalue weighted by molar-refractivity contribution is -0.119. The number of ether oxygens (including phenoxy) is 2. The Hall–Kier alpha value is -2.48. The topological polar surface area (TPSA) is 77.8 Å². The van der Waals surface area contributed by atoms with E-state index in [1.54, 1.807) is 0 Å². The van der Waals surface area contributed by atoms with Crippen molar-refractivity contribution in [1.82, 2.24) is 19.9 Å². The average Bonchev–Trinajstić information content (AvgIpc) is 3.16. The van der Waals surface area contributed by atoms with Gasteiger partial charge in [-0.1, -0.05) is 11.8 Å². The van der Waals surface area contributed by atoms with Crippen LogP contribution in [0.5, 0.6) is 11.5 Å². The normalized spacial score (nSPS) is 13.5. The summed E-state index contributed by atoms with van der Waals surface area (Å²) in [5.74, 6) is 1.69. The summed E-state index contributed by atoms with van der Waals surface area (Å²) in [6.45, 7) is 8.10. The van der Waals surface area contributed by atoms with E-state index >= 15 is 0 Å². The summed E-state index contributed by atoms with van der Waals surface area (Å²) < 4.78 is 13.0. The molecule has 136 valence electrons. The van der Waals surface area contributed by atoms with Crippen LogP contribution in [-0.2, 0) is 4.79 Å². The fourth-order valence-corrected chi connectivity index (χ4v) is 3.72. The molecule has 0 atom stereocenters. The van der Waals surface area contributed by atoms with Crippen LogP contribution in [0.3, 0.4) is 0 Å². The number of nitrogens with zero attached hydrogens (tertiary/aromatic N) is 3. The molecule has 7 nitrogen and oxygen atoms in total. The first-order valence-corrected chi connectivity index (χ1v) is 9.32. The third-order valence-electron chi connectivity index (χ3n) is 3.97. The van der Waals surface area contributed by atoms with Crippen LogP contribution in [0.2, 0.25) is 0 Å². The van der Waals surface area contributed by atoms with Crippen molar-refractivity contribution in [1.29, 1.82) is 0 Å². The van der Waals surface area contributed by atoms with E-state index in [2.05, 4.69) is 21.6 Å². The molecule has 0 saturated carbocycles. The first-order chi connectivity index (χ1) is 12.3. The molecule has 0 unspecified atom stereocenters. The number of benzene rings is 1. The molecule has 0 bridgehead atoms. The molecule has 0 fully saturated rings. The van der Waals surface area contributed by atoms with E-state index in [1.165, 1.54) is 11.8 Å². The fraction of sp³-hybridized carbons (Fsp3) is 0.389. The smallest absolute Gasteiger partial charge is 0.231 e. The maximum atomic E-state index is 12.1. The van der Waals surface area contributed by atoms with Crippen LogP contribution >= 0.6 is 11.8 Å². The van der Waals surface area contributed by atoms with Crippen LogP contribution in [0.1, 0.15) is 26.3 Å². The number of carbonyl (C=O) groups is 1. The zero-order valence-electron chi connectivity index (χ0n) is 15.1. The number of aryl methyl sites for hydroxylation is 1. The van der Waals surface area contributed by atoms with Crippen molar-refractivity contribution in [3.05, 3.63) is 23.8 Å². The monoisotopic (exact) mass is 372 g/mol. The van der Waals surface area contributed by atoms with Crippen molar-refractivity contribution >= 4 is 34.2 Å². The molecule has 1 N–H and O–H groups in total. The van der Waals surface area contributed by atoms with E-state index in [4.69, 9.17) is 9.47 Å². The number of hydrogen-bond donors (Lipinski definition) is 1. The summed E-state index contributed by atoms with van der Waals surface area (Å²) in [5.41, 5.74) is 2.45. The molecule has 1 aromatic carbocycles. The fourth-order valence-electron chi connectivity index (χ4n) is 2.97. The zero-order valence-corrected chi connectivity index (χ0v) is 15.9. The number of fused-ring (bicyclic) bond motifs is 4. The number of nitrogens with one attached hydrogen (secondary N) is 1. The SMILES string of the molecule is Cc1cc2cc3c(cc2n2c(SCC(=O)NC(C)(C)C)nnc12)OCO3. The van der Waals surface area contributed by atoms with Gasteiger partial charge in [-0.3, -0.25) is 9.20 Å². The highest BCUT2D eigenvalue weighted by atomic mass is 32.2. The lowest BCUT2D eigenvalue weighted by Gasteiger charge is -2.20. The second kappa shape index (κ2) is 6.05. The van der Waals surface area contributed by atoms with Crippen LogP contribution in [0.15, 0.2) is 23.4 Å². The highest BCUT2D eigenvalue weighted by molar-refractivity contribution is 7.99. The summed E-state index contributed by atoms with van der Waals surface area (Å²) in [4.78, 5) is 12.1. The van der Waals surface area contributed by atoms with E-state index < -0.39 is 0 Å². The second-order valence-corrected chi connectivity index (χ2v) is 8.26. The molecule has 0 spiro atoms. The molecule has 3 heterocycles. The summed E-state index contributed by atoms with van der Waals surface area (Å²) in [6, 6.07) is 5.96. The summed E-state index contributed by atoms with van der Waals surface area (Å²) >= 11 is 1.37. The van der Waals surface area contributed by atoms with Gasteiger partial charge in [-0.25, -0.2) is 0 Å². The van der Waals surface area contributed by atoms with Gasteiger partial charge in [0.25, 0.3) is 0 Å².